The first kappa shape index (κ1) is 27.6. The van der Waals surface area contributed by atoms with Crippen LogP contribution in [0.4, 0.5) is 17.2 Å². The third-order valence-corrected chi connectivity index (χ3v) is 8.12. The number of carbonyl (C=O) groups excluding carboxylic acids is 2. The van der Waals surface area contributed by atoms with Gasteiger partial charge in [0.15, 0.2) is 9.84 Å². The lowest BCUT2D eigenvalue weighted by Gasteiger charge is -2.21. The van der Waals surface area contributed by atoms with Crippen molar-refractivity contribution in [2.75, 3.05) is 22.1 Å². The Kier molecular flexibility index (Phi) is 8.15. The van der Waals surface area contributed by atoms with Crippen LogP contribution in [0.1, 0.15) is 36.6 Å². The number of nitrogens with one attached hydrogen (secondary N) is 3. The van der Waals surface area contributed by atoms with Crippen LogP contribution in [-0.4, -0.2) is 31.0 Å². The molecule has 0 saturated carbocycles. The lowest BCUT2D eigenvalue weighted by molar-refractivity contribution is -0.122. The number of sulfone groups is 1. The average Bonchev–Trinajstić information content (AvgIpc) is 2.90. The molecule has 3 aromatic carbocycles. The standard InChI is InChI=1S/C29H31N5O4S/c1-4-39(37,38)26-11-9-23(33-19(3)35)16-22(26)17-32-29(36)27(21-7-5-6-18(2)14-21)34-24-8-10-25-20(15-24)12-13-31-28(25)30/h5-16,27,34H,4,17H2,1-3H3,(H2,30,31)(H,32,36)(H,33,35). The first-order chi connectivity index (χ1) is 18.6. The Bertz CT molecular complexity index is 1650. The lowest BCUT2D eigenvalue weighted by atomic mass is 10.0. The second-order valence-electron chi connectivity index (χ2n) is 9.25. The van der Waals surface area contributed by atoms with Crippen LogP contribution in [0.5, 0.6) is 0 Å². The van der Waals surface area contributed by atoms with E-state index in [1.54, 1.807) is 19.2 Å². The van der Waals surface area contributed by atoms with Gasteiger partial charge in [0, 0.05) is 36.4 Å². The van der Waals surface area contributed by atoms with Crippen molar-refractivity contribution in [3.05, 3.63) is 89.6 Å². The molecule has 1 atom stereocenters. The minimum absolute atomic E-state index is 0.0509. The summed E-state index contributed by atoms with van der Waals surface area (Å²) < 4.78 is 25.5. The zero-order chi connectivity index (χ0) is 28.2. The monoisotopic (exact) mass is 545 g/mol. The van der Waals surface area contributed by atoms with Crippen LogP contribution < -0.4 is 21.7 Å². The van der Waals surface area contributed by atoms with Gasteiger partial charge in [-0.1, -0.05) is 36.8 Å². The second kappa shape index (κ2) is 11.5. The number of hydrogen-bond donors (Lipinski definition) is 4. The number of aryl methyl sites for hydroxylation is 1. The predicted molar refractivity (Wildman–Crippen MR) is 154 cm³/mol. The van der Waals surface area contributed by atoms with Gasteiger partial charge in [-0.3, -0.25) is 9.59 Å². The first-order valence-electron chi connectivity index (χ1n) is 12.5. The number of pyridine rings is 1. The van der Waals surface area contributed by atoms with Crippen molar-refractivity contribution in [2.24, 2.45) is 0 Å². The number of aromatic nitrogens is 1. The Morgan fingerprint density at radius 3 is 2.49 bits per heavy atom. The van der Waals surface area contributed by atoms with E-state index in [1.807, 2.05) is 55.5 Å². The molecule has 0 aliphatic carbocycles. The lowest BCUT2D eigenvalue weighted by Crippen LogP contribution is -2.33. The fraction of sp³-hybridized carbons (Fsp3) is 0.207. The molecule has 0 saturated heterocycles. The Hall–Kier alpha value is -4.44. The Morgan fingerprint density at radius 2 is 1.77 bits per heavy atom. The normalized spacial score (nSPS) is 12.1. The number of nitrogens with zero attached hydrogens (tertiary/aromatic N) is 1. The fourth-order valence-electron chi connectivity index (χ4n) is 4.35. The van der Waals surface area contributed by atoms with Crippen LogP contribution in [0.2, 0.25) is 0 Å². The maximum Gasteiger partial charge on any atom is 0.247 e. The molecule has 0 aliphatic heterocycles. The largest absolute Gasteiger partial charge is 0.383 e. The molecule has 39 heavy (non-hydrogen) atoms. The molecule has 0 aliphatic rings. The highest BCUT2D eigenvalue weighted by molar-refractivity contribution is 7.91. The molecule has 1 unspecified atom stereocenters. The molecular formula is C29H31N5O4S. The quantitative estimate of drug-likeness (QED) is 0.245. The molecular weight excluding hydrogens is 514 g/mol. The molecule has 9 nitrogen and oxygen atoms in total. The number of benzene rings is 3. The summed E-state index contributed by atoms with van der Waals surface area (Å²) in [6.45, 7) is 4.82. The molecule has 0 bridgehead atoms. The predicted octanol–water partition coefficient (Wildman–Crippen LogP) is 4.35. The third-order valence-electron chi connectivity index (χ3n) is 6.29. The van der Waals surface area contributed by atoms with Crippen LogP contribution in [0.3, 0.4) is 0 Å². The van der Waals surface area contributed by atoms with Crippen LogP contribution in [0.25, 0.3) is 10.8 Å². The highest BCUT2D eigenvalue weighted by Crippen LogP contribution is 2.27. The van der Waals surface area contributed by atoms with Gasteiger partial charge in [-0.15, -0.1) is 0 Å². The summed E-state index contributed by atoms with van der Waals surface area (Å²) in [4.78, 5) is 29.4. The number of nitrogens with two attached hydrogens (primary N) is 1. The van der Waals surface area contributed by atoms with Crippen LogP contribution in [0.15, 0.2) is 77.8 Å². The number of carbonyl (C=O) groups is 2. The number of anilines is 3. The van der Waals surface area contributed by atoms with E-state index in [2.05, 4.69) is 20.9 Å². The molecule has 2 amide bonds. The number of amides is 2. The minimum Gasteiger partial charge on any atom is -0.383 e. The van der Waals surface area contributed by atoms with E-state index < -0.39 is 15.9 Å². The fourth-order valence-corrected chi connectivity index (χ4v) is 5.47. The van der Waals surface area contributed by atoms with Gasteiger partial charge in [0.05, 0.1) is 10.6 Å². The summed E-state index contributed by atoms with van der Waals surface area (Å²) >= 11 is 0. The van der Waals surface area contributed by atoms with E-state index in [9.17, 15) is 18.0 Å². The van der Waals surface area contributed by atoms with E-state index in [4.69, 9.17) is 5.73 Å². The topological polar surface area (TPSA) is 143 Å². The molecule has 0 fully saturated rings. The molecule has 10 heteroatoms. The molecule has 0 spiro atoms. The highest BCUT2D eigenvalue weighted by atomic mass is 32.2. The van der Waals surface area contributed by atoms with Crippen molar-refractivity contribution in [1.82, 2.24) is 10.3 Å². The summed E-state index contributed by atoms with van der Waals surface area (Å²) in [6.07, 6.45) is 1.63. The van der Waals surface area contributed by atoms with Gasteiger partial charge in [-0.05, 0) is 65.9 Å². The first-order valence-corrected chi connectivity index (χ1v) is 14.1. The van der Waals surface area contributed by atoms with Crippen molar-refractivity contribution >= 4 is 49.6 Å². The van der Waals surface area contributed by atoms with Gasteiger partial charge < -0.3 is 21.7 Å². The number of fused-ring (bicyclic) bond motifs is 1. The van der Waals surface area contributed by atoms with Crippen LogP contribution >= 0.6 is 0 Å². The number of nitrogen functional groups attached to an aromatic ring is 1. The smallest absolute Gasteiger partial charge is 0.247 e. The maximum atomic E-state index is 13.6. The summed E-state index contributed by atoms with van der Waals surface area (Å²) in [7, 11) is -3.57. The maximum absolute atomic E-state index is 13.6. The van der Waals surface area contributed by atoms with Gasteiger partial charge in [0.1, 0.15) is 11.9 Å². The Balaban J connectivity index is 1.65. The van der Waals surface area contributed by atoms with E-state index >= 15 is 0 Å². The summed E-state index contributed by atoms with van der Waals surface area (Å²) in [5.74, 6) is -0.304. The average molecular weight is 546 g/mol. The van der Waals surface area contributed by atoms with Crippen LogP contribution in [0, 0.1) is 6.92 Å². The SMILES string of the molecule is CCS(=O)(=O)c1ccc(NC(C)=O)cc1CNC(=O)C(Nc1ccc2c(N)nccc2c1)c1cccc(C)c1. The van der Waals surface area contributed by atoms with Crippen molar-refractivity contribution in [3.8, 4) is 0 Å². The Labute approximate surface area is 227 Å². The van der Waals surface area contributed by atoms with Crippen molar-refractivity contribution in [2.45, 2.75) is 38.3 Å². The van der Waals surface area contributed by atoms with Gasteiger partial charge >= 0.3 is 0 Å². The van der Waals surface area contributed by atoms with Gasteiger partial charge in [-0.25, -0.2) is 13.4 Å². The molecule has 4 rings (SSSR count). The molecule has 1 heterocycles. The van der Waals surface area contributed by atoms with E-state index in [0.29, 0.717) is 22.8 Å². The van der Waals surface area contributed by atoms with Gasteiger partial charge in [-0.2, -0.15) is 0 Å². The zero-order valence-electron chi connectivity index (χ0n) is 22.0. The van der Waals surface area contributed by atoms with Crippen molar-refractivity contribution < 1.29 is 18.0 Å². The molecule has 202 valence electrons. The summed E-state index contributed by atoms with van der Waals surface area (Å²) in [6, 6.07) is 18.8. The van der Waals surface area contributed by atoms with Gasteiger partial charge in [0.2, 0.25) is 11.8 Å². The van der Waals surface area contributed by atoms with Crippen molar-refractivity contribution in [3.63, 3.8) is 0 Å². The van der Waals surface area contributed by atoms with Gasteiger partial charge in [0.25, 0.3) is 0 Å². The number of rotatable bonds is 9. The molecule has 5 N–H and O–H groups in total. The minimum atomic E-state index is -3.57. The van der Waals surface area contributed by atoms with Crippen LogP contribution in [-0.2, 0) is 26.0 Å². The van der Waals surface area contributed by atoms with E-state index in [1.165, 1.54) is 19.1 Å². The zero-order valence-corrected chi connectivity index (χ0v) is 22.8. The van der Waals surface area contributed by atoms with E-state index in [0.717, 1.165) is 21.9 Å². The summed E-state index contributed by atoms with van der Waals surface area (Å²) in [5.41, 5.74) is 9.25. The second-order valence-corrected chi connectivity index (χ2v) is 11.5. The molecule has 1 aromatic heterocycles. The third kappa shape index (κ3) is 6.53. The molecule has 0 radical (unpaired) electrons. The summed E-state index contributed by atoms with van der Waals surface area (Å²) in [5, 5.41) is 10.6. The van der Waals surface area contributed by atoms with E-state index in [-0.39, 0.29) is 29.0 Å². The highest BCUT2D eigenvalue weighted by Gasteiger charge is 2.23. The molecule has 4 aromatic rings. The van der Waals surface area contributed by atoms with Crippen molar-refractivity contribution in [1.29, 1.82) is 0 Å². The number of hydrogen-bond acceptors (Lipinski definition) is 7. The Morgan fingerprint density at radius 1 is 1.00 bits per heavy atom.